The van der Waals surface area contributed by atoms with Crippen molar-refractivity contribution >= 4 is 5.91 Å². The molecule has 0 aliphatic carbocycles. The first kappa shape index (κ1) is 13.5. The zero-order valence-electron chi connectivity index (χ0n) is 10.4. The van der Waals surface area contributed by atoms with Crippen molar-refractivity contribution in [1.82, 2.24) is 10.6 Å². The highest BCUT2D eigenvalue weighted by atomic mass is 16.5. The van der Waals surface area contributed by atoms with Crippen LogP contribution >= 0.6 is 0 Å². The van der Waals surface area contributed by atoms with E-state index in [1.165, 1.54) is 12.8 Å². The monoisotopic (exact) mass is 228 g/mol. The average molecular weight is 228 g/mol. The van der Waals surface area contributed by atoms with Crippen LogP contribution in [0.15, 0.2) is 0 Å². The minimum Gasteiger partial charge on any atom is -0.383 e. The maximum absolute atomic E-state index is 11.6. The molecule has 0 saturated carbocycles. The van der Waals surface area contributed by atoms with E-state index in [1.807, 2.05) is 6.92 Å². The van der Waals surface area contributed by atoms with E-state index in [4.69, 9.17) is 4.74 Å². The first-order valence-electron chi connectivity index (χ1n) is 6.21. The SMILES string of the molecule is COCC(C)NC(=O)CCC1CCNCC1. The molecule has 0 aromatic heterocycles. The van der Waals surface area contributed by atoms with Gasteiger partial charge in [-0.05, 0) is 45.2 Å². The molecule has 2 N–H and O–H groups in total. The summed E-state index contributed by atoms with van der Waals surface area (Å²) in [7, 11) is 1.65. The third-order valence-corrected chi connectivity index (χ3v) is 3.06. The lowest BCUT2D eigenvalue weighted by Gasteiger charge is -2.22. The minimum absolute atomic E-state index is 0.116. The molecule has 0 radical (unpaired) electrons. The van der Waals surface area contributed by atoms with Crippen molar-refractivity contribution < 1.29 is 9.53 Å². The van der Waals surface area contributed by atoms with Gasteiger partial charge in [-0.15, -0.1) is 0 Å². The molecule has 1 amide bonds. The second-order valence-electron chi connectivity index (χ2n) is 4.66. The molecule has 4 nitrogen and oxygen atoms in total. The molecule has 0 bridgehead atoms. The summed E-state index contributed by atoms with van der Waals surface area (Å²) < 4.78 is 4.98. The van der Waals surface area contributed by atoms with E-state index >= 15 is 0 Å². The van der Waals surface area contributed by atoms with Crippen LogP contribution in [0.1, 0.15) is 32.6 Å². The summed E-state index contributed by atoms with van der Waals surface area (Å²) in [5, 5.41) is 6.28. The summed E-state index contributed by atoms with van der Waals surface area (Å²) in [6, 6.07) is 0.116. The van der Waals surface area contributed by atoms with Crippen molar-refractivity contribution in [2.45, 2.75) is 38.6 Å². The molecule has 1 heterocycles. The van der Waals surface area contributed by atoms with Gasteiger partial charge in [-0.2, -0.15) is 0 Å². The Bertz CT molecular complexity index is 203. The van der Waals surface area contributed by atoms with Gasteiger partial charge in [-0.25, -0.2) is 0 Å². The van der Waals surface area contributed by atoms with Crippen molar-refractivity contribution in [3.63, 3.8) is 0 Å². The molecule has 1 aliphatic rings. The summed E-state index contributed by atoms with van der Waals surface area (Å²) in [5.74, 6) is 0.882. The Balaban J connectivity index is 2.09. The van der Waals surface area contributed by atoms with Gasteiger partial charge in [0.15, 0.2) is 0 Å². The van der Waals surface area contributed by atoms with Crippen LogP contribution in [0, 0.1) is 5.92 Å². The highest BCUT2D eigenvalue weighted by molar-refractivity contribution is 5.76. The van der Waals surface area contributed by atoms with E-state index in [0.717, 1.165) is 25.4 Å². The summed E-state index contributed by atoms with van der Waals surface area (Å²) in [4.78, 5) is 11.6. The van der Waals surface area contributed by atoms with Gasteiger partial charge in [0.2, 0.25) is 5.91 Å². The molecular formula is C12H24N2O2. The quantitative estimate of drug-likeness (QED) is 0.710. The Labute approximate surface area is 98.1 Å². The highest BCUT2D eigenvalue weighted by Crippen LogP contribution is 2.17. The molecule has 0 aromatic rings. The molecule has 1 saturated heterocycles. The number of amides is 1. The normalized spacial score (nSPS) is 19.4. The van der Waals surface area contributed by atoms with Crippen molar-refractivity contribution in [3.05, 3.63) is 0 Å². The lowest BCUT2D eigenvalue weighted by molar-refractivity contribution is -0.122. The van der Waals surface area contributed by atoms with E-state index < -0.39 is 0 Å². The number of carbonyl (C=O) groups is 1. The smallest absolute Gasteiger partial charge is 0.220 e. The van der Waals surface area contributed by atoms with Crippen LogP contribution in [0.4, 0.5) is 0 Å². The molecule has 16 heavy (non-hydrogen) atoms. The number of nitrogens with one attached hydrogen (secondary N) is 2. The zero-order valence-corrected chi connectivity index (χ0v) is 10.4. The van der Waals surface area contributed by atoms with Gasteiger partial charge in [0, 0.05) is 19.6 Å². The summed E-state index contributed by atoms with van der Waals surface area (Å²) >= 11 is 0. The number of hydrogen-bond donors (Lipinski definition) is 2. The van der Waals surface area contributed by atoms with Crippen molar-refractivity contribution in [1.29, 1.82) is 0 Å². The minimum atomic E-state index is 0.116. The van der Waals surface area contributed by atoms with Crippen LogP contribution in [0.2, 0.25) is 0 Å². The first-order valence-corrected chi connectivity index (χ1v) is 6.21. The summed E-state index contributed by atoms with van der Waals surface area (Å²) in [5.41, 5.74) is 0. The van der Waals surface area contributed by atoms with Crippen LogP contribution in [0.5, 0.6) is 0 Å². The Morgan fingerprint density at radius 1 is 1.50 bits per heavy atom. The van der Waals surface area contributed by atoms with Gasteiger partial charge in [-0.1, -0.05) is 0 Å². The summed E-state index contributed by atoms with van der Waals surface area (Å²) in [6.45, 7) is 4.75. The average Bonchev–Trinajstić information content (AvgIpc) is 2.28. The number of methoxy groups -OCH3 is 1. The van der Waals surface area contributed by atoms with E-state index in [9.17, 15) is 4.79 Å². The first-order chi connectivity index (χ1) is 7.72. The molecule has 0 aromatic carbocycles. The van der Waals surface area contributed by atoms with Gasteiger partial charge < -0.3 is 15.4 Å². The second kappa shape index (κ2) is 7.63. The van der Waals surface area contributed by atoms with Crippen molar-refractivity contribution in [2.24, 2.45) is 5.92 Å². The fourth-order valence-electron chi connectivity index (χ4n) is 2.14. The lowest BCUT2D eigenvalue weighted by Crippen LogP contribution is -2.36. The number of rotatable bonds is 6. The van der Waals surface area contributed by atoms with Crippen molar-refractivity contribution in [3.8, 4) is 0 Å². The Morgan fingerprint density at radius 2 is 2.19 bits per heavy atom. The fourth-order valence-corrected chi connectivity index (χ4v) is 2.14. The van der Waals surface area contributed by atoms with Crippen molar-refractivity contribution in [2.75, 3.05) is 26.8 Å². The maximum Gasteiger partial charge on any atom is 0.220 e. The molecule has 1 atom stereocenters. The molecule has 94 valence electrons. The third kappa shape index (κ3) is 5.47. The molecule has 1 rings (SSSR count). The van der Waals surface area contributed by atoms with E-state index in [1.54, 1.807) is 7.11 Å². The predicted molar refractivity (Wildman–Crippen MR) is 64.3 cm³/mol. The molecular weight excluding hydrogens is 204 g/mol. The number of hydrogen-bond acceptors (Lipinski definition) is 3. The fraction of sp³-hybridized carbons (Fsp3) is 0.917. The molecule has 1 aliphatic heterocycles. The molecule has 4 heteroatoms. The van der Waals surface area contributed by atoms with E-state index in [0.29, 0.717) is 13.0 Å². The Morgan fingerprint density at radius 3 is 2.81 bits per heavy atom. The third-order valence-electron chi connectivity index (χ3n) is 3.06. The largest absolute Gasteiger partial charge is 0.383 e. The van der Waals surface area contributed by atoms with Crippen LogP contribution in [0.3, 0.4) is 0 Å². The predicted octanol–water partition coefficient (Wildman–Crippen LogP) is 0.917. The number of piperidine rings is 1. The van der Waals surface area contributed by atoms with Gasteiger partial charge in [-0.3, -0.25) is 4.79 Å². The molecule has 1 unspecified atom stereocenters. The standard InChI is InChI=1S/C12H24N2O2/c1-10(9-16-2)14-12(15)4-3-11-5-7-13-8-6-11/h10-11,13H,3-9H2,1-2H3,(H,14,15). The Kier molecular flexibility index (Phi) is 6.42. The van der Waals surface area contributed by atoms with Crippen LogP contribution in [-0.2, 0) is 9.53 Å². The highest BCUT2D eigenvalue weighted by Gasteiger charge is 2.15. The van der Waals surface area contributed by atoms with Crippen LogP contribution < -0.4 is 10.6 Å². The topological polar surface area (TPSA) is 50.4 Å². The zero-order chi connectivity index (χ0) is 11.8. The lowest BCUT2D eigenvalue weighted by atomic mass is 9.93. The number of ether oxygens (including phenoxy) is 1. The molecule has 0 spiro atoms. The van der Waals surface area contributed by atoms with Gasteiger partial charge in [0.05, 0.1) is 6.61 Å². The Hall–Kier alpha value is -0.610. The van der Waals surface area contributed by atoms with Crippen LogP contribution in [0.25, 0.3) is 0 Å². The van der Waals surface area contributed by atoms with E-state index in [-0.39, 0.29) is 11.9 Å². The second-order valence-corrected chi connectivity index (χ2v) is 4.66. The van der Waals surface area contributed by atoms with Gasteiger partial charge in [0.1, 0.15) is 0 Å². The molecule has 1 fully saturated rings. The number of carbonyl (C=O) groups excluding carboxylic acids is 1. The maximum atomic E-state index is 11.6. The summed E-state index contributed by atoms with van der Waals surface area (Å²) in [6.07, 6.45) is 4.09. The van der Waals surface area contributed by atoms with Gasteiger partial charge in [0.25, 0.3) is 0 Å². The van der Waals surface area contributed by atoms with Crippen LogP contribution in [-0.4, -0.2) is 38.8 Å². The van der Waals surface area contributed by atoms with E-state index in [2.05, 4.69) is 10.6 Å². The van der Waals surface area contributed by atoms with Gasteiger partial charge >= 0.3 is 0 Å².